The molecule has 0 bridgehead atoms. The molecular formula is C9H13N3O3S. The molecule has 16 heavy (non-hydrogen) atoms. The summed E-state index contributed by atoms with van der Waals surface area (Å²) in [5.41, 5.74) is 0.521. The zero-order valence-electron chi connectivity index (χ0n) is 8.88. The van der Waals surface area contributed by atoms with Crippen LogP contribution >= 0.6 is 0 Å². The third kappa shape index (κ3) is 2.89. The van der Waals surface area contributed by atoms with Crippen LogP contribution in [0.25, 0.3) is 0 Å². The first-order valence-electron chi connectivity index (χ1n) is 4.93. The Hall–Kier alpha value is -1.21. The largest absolute Gasteiger partial charge is 0.615 e. The van der Waals surface area contributed by atoms with Gasteiger partial charge in [-0.05, 0) is 24.0 Å². The summed E-state index contributed by atoms with van der Waals surface area (Å²) >= 11 is -0.984. The molecule has 0 aromatic carbocycles. The van der Waals surface area contributed by atoms with Gasteiger partial charge in [-0.15, -0.1) is 5.10 Å². The Kier molecular flexibility index (Phi) is 3.35. The lowest BCUT2D eigenvalue weighted by Gasteiger charge is -2.03. The van der Waals surface area contributed by atoms with Gasteiger partial charge in [0, 0.05) is 0 Å². The molecule has 1 aliphatic rings. The third-order valence-electron chi connectivity index (χ3n) is 2.06. The van der Waals surface area contributed by atoms with Gasteiger partial charge in [0.25, 0.3) is 5.88 Å². The summed E-state index contributed by atoms with van der Waals surface area (Å²) in [6, 6.07) is 0. The number of anilines is 1. The predicted octanol–water partition coefficient (Wildman–Crippen LogP) is 0.329. The topological polar surface area (TPSA) is 79.2 Å². The Morgan fingerprint density at radius 2 is 2.56 bits per heavy atom. The average molecular weight is 243 g/mol. The molecule has 6 nitrogen and oxygen atoms in total. The molecule has 1 unspecified atom stereocenters. The highest BCUT2D eigenvalue weighted by atomic mass is 32.2. The molecule has 7 heteroatoms. The van der Waals surface area contributed by atoms with E-state index in [4.69, 9.17) is 4.74 Å². The highest BCUT2D eigenvalue weighted by molar-refractivity contribution is 7.89. The lowest BCUT2D eigenvalue weighted by molar-refractivity contribution is -0.105. The van der Waals surface area contributed by atoms with Crippen LogP contribution in [-0.2, 0) is 21.8 Å². The van der Waals surface area contributed by atoms with Crippen molar-refractivity contribution in [3.05, 3.63) is 6.20 Å². The monoisotopic (exact) mass is 243 g/mol. The minimum Gasteiger partial charge on any atom is -0.615 e. The standard InChI is InChI=1S/C9H13N3O3S/c1-16(14)6-12-4-8(10-5-13)9(11-12)15-7-2-3-7/h4-5,7H,2-3,6H2,1H3,(H,10,13). The van der Waals surface area contributed by atoms with E-state index in [2.05, 4.69) is 10.4 Å². The summed E-state index contributed by atoms with van der Waals surface area (Å²) in [7, 11) is 0. The molecule has 0 spiro atoms. The van der Waals surface area contributed by atoms with Crippen molar-refractivity contribution >= 4 is 23.3 Å². The summed E-state index contributed by atoms with van der Waals surface area (Å²) in [4.78, 5) is 10.4. The molecule has 1 aromatic rings. The summed E-state index contributed by atoms with van der Waals surface area (Å²) in [6.07, 6.45) is 6.04. The molecule has 1 fully saturated rings. The number of rotatable bonds is 6. The van der Waals surface area contributed by atoms with Gasteiger partial charge in [-0.3, -0.25) is 4.79 Å². The van der Waals surface area contributed by atoms with Crippen molar-refractivity contribution in [2.24, 2.45) is 0 Å². The number of nitrogens with one attached hydrogen (secondary N) is 1. The van der Waals surface area contributed by atoms with E-state index >= 15 is 0 Å². The predicted molar refractivity (Wildman–Crippen MR) is 59.6 cm³/mol. The van der Waals surface area contributed by atoms with Crippen molar-refractivity contribution in [3.63, 3.8) is 0 Å². The van der Waals surface area contributed by atoms with Crippen LogP contribution in [0.4, 0.5) is 5.69 Å². The number of ether oxygens (including phenoxy) is 1. The second-order valence-corrected chi connectivity index (χ2v) is 5.07. The number of carbonyl (C=O) groups excluding carboxylic acids is 1. The van der Waals surface area contributed by atoms with Gasteiger partial charge in [0.2, 0.25) is 6.41 Å². The summed E-state index contributed by atoms with van der Waals surface area (Å²) in [6.45, 7) is 0. The van der Waals surface area contributed by atoms with Crippen LogP contribution in [-0.4, -0.2) is 33.1 Å². The van der Waals surface area contributed by atoms with Crippen LogP contribution < -0.4 is 10.1 Å². The molecular weight excluding hydrogens is 230 g/mol. The van der Waals surface area contributed by atoms with Gasteiger partial charge in [0.15, 0.2) is 5.88 Å². The zero-order valence-corrected chi connectivity index (χ0v) is 9.70. The van der Waals surface area contributed by atoms with Gasteiger partial charge in [-0.1, -0.05) is 0 Å². The fraction of sp³-hybridized carbons (Fsp3) is 0.556. The van der Waals surface area contributed by atoms with Crippen LogP contribution in [0.2, 0.25) is 0 Å². The highest BCUT2D eigenvalue weighted by Crippen LogP contribution is 2.30. The Bertz CT molecular complexity index is 376. The van der Waals surface area contributed by atoms with Crippen molar-refractivity contribution < 1.29 is 14.1 Å². The summed E-state index contributed by atoms with van der Waals surface area (Å²) in [5, 5.41) is 6.64. The van der Waals surface area contributed by atoms with Crippen LogP contribution in [0.1, 0.15) is 12.8 Å². The summed E-state index contributed by atoms with van der Waals surface area (Å²) in [5.74, 6) is 0.696. The first-order valence-corrected chi connectivity index (χ1v) is 6.66. The normalized spacial score (nSPS) is 16.9. The molecule has 1 atom stereocenters. The number of carbonyl (C=O) groups is 1. The van der Waals surface area contributed by atoms with Crippen LogP contribution in [0.3, 0.4) is 0 Å². The fourth-order valence-corrected chi connectivity index (χ4v) is 1.75. The molecule has 2 rings (SSSR count). The molecule has 1 saturated carbocycles. The van der Waals surface area contributed by atoms with Crippen molar-refractivity contribution in [1.82, 2.24) is 9.78 Å². The Morgan fingerprint density at radius 1 is 1.81 bits per heavy atom. The van der Waals surface area contributed by atoms with Gasteiger partial charge in [-0.25, -0.2) is 4.68 Å². The number of hydrogen-bond acceptors (Lipinski definition) is 4. The van der Waals surface area contributed by atoms with E-state index in [1.807, 2.05) is 0 Å². The van der Waals surface area contributed by atoms with E-state index in [0.29, 0.717) is 23.9 Å². The number of aromatic nitrogens is 2. The second kappa shape index (κ2) is 4.75. The lowest BCUT2D eigenvalue weighted by Crippen LogP contribution is -2.09. The molecule has 1 amide bonds. The van der Waals surface area contributed by atoms with E-state index in [0.717, 1.165) is 12.8 Å². The molecule has 1 aliphatic carbocycles. The van der Waals surface area contributed by atoms with Gasteiger partial charge in [-0.2, -0.15) is 0 Å². The van der Waals surface area contributed by atoms with Crippen LogP contribution in [0.15, 0.2) is 6.20 Å². The number of amides is 1. The number of hydrogen-bond donors (Lipinski definition) is 1. The lowest BCUT2D eigenvalue weighted by atomic mass is 10.5. The highest BCUT2D eigenvalue weighted by Gasteiger charge is 2.26. The Labute approximate surface area is 96.1 Å². The summed E-state index contributed by atoms with van der Waals surface area (Å²) < 4.78 is 18.1. The SMILES string of the molecule is C[S+]([O-])Cn1cc(NC=O)c(OC2CC2)n1. The maximum atomic E-state index is 11.0. The van der Waals surface area contributed by atoms with Crippen molar-refractivity contribution in [1.29, 1.82) is 0 Å². The fourth-order valence-electron chi connectivity index (χ4n) is 1.25. The first kappa shape index (κ1) is 11.3. The Morgan fingerprint density at radius 3 is 3.12 bits per heavy atom. The maximum Gasteiger partial charge on any atom is 0.257 e. The third-order valence-corrected chi connectivity index (χ3v) is 2.69. The average Bonchev–Trinajstić information content (AvgIpc) is 2.92. The van der Waals surface area contributed by atoms with E-state index in [-0.39, 0.29) is 6.10 Å². The first-order chi connectivity index (χ1) is 7.69. The van der Waals surface area contributed by atoms with E-state index in [1.54, 1.807) is 12.5 Å². The van der Waals surface area contributed by atoms with Crippen molar-refractivity contribution in [3.8, 4) is 5.88 Å². The van der Waals surface area contributed by atoms with Gasteiger partial charge >= 0.3 is 0 Å². The Balaban J connectivity index is 2.11. The zero-order chi connectivity index (χ0) is 11.5. The van der Waals surface area contributed by atoms with Gasteiger partial charge < -0.3 is 14.6 Å². The van der Waals surface area contributed by atoms with E-state index in [1.165, 1.54) is 4.68 Å². The second-order valence-electron chi connectivity index (χ2n) is 3.67. The minimum absolute atomic E-state index is 0.211. The minimum atomic E-state index is -0.984. The molecule has 0 saturated heterocycles. The van der Waals surface area contributed by atoms with Crippen LogP contribution in [0, 0.1) is 0 Å². The molecule has 0 aliphatic heterocycles. The van der Waals surface area contributed by atoms with E-state index in [9.17, 15) is 9.35 Å². The molecule has 88 valence electrons. The van der Waals surface area contributed by atoms with Gasteiger partial charge in [0.1, 0.15) is 11.8 Å². The number of nitrogens with zero attached hydrogens (tertiary/aromatic N) is 2. The van der Waals surface area contributed by atoms with Crippen molar-refractivity contribution in [2.75, 3.05) is 11.6 Å². The van der Waals surface area contributed by atoms with E-state index < -0.39 is 11.2 Å². The maximum absolute atomic E-state index is 11.0. The molecule has 1 N–H and O–H groups in total. The quantitative estimate of drug-likeness (QED) is 0.576. The van der Waals surface area contributed by atoms with Crippen molar-refractivity contribution in [2.45, 2.75) is 24.8 Å². The van der Waals surface area contributed by atoms with Gasteiger partial charge in [0.05, 0.1) is 12.5 Å². The molecule has 1 heterocycles. The smallest absolute Gasteiger partial charge is 0.257 e. The molecule has 1 aromatic heterocycles. The molecule has 0 radical (unpaired) electrons. The van der Waals surface area contributed by atoms with Crippen LogP contribution in [0.5, 0.6) is 5.88 Å².